The van der Waals surface area contributed by atoms with Crippen LogP contribution in [0.15, 0.2) is 12.1 Å². The Bertz CT molecular complexity index is 1790. The van der Waals surface area contributed by atoms with Crippen molar-refractivity contribution in [2.75, 3.05) is 51.0 Å². The van der Waals surface area contributed by atoms with Crippen molar-refractivity contribution in [3.8, 4) is 6.01 Å². The second kappa shape index (κ2) is 12.5. The maximum Gasteiger partial charge on any atom is 0.419 e. The van der Waals surface area contributed by atoms with Gasteiger partial charge in [-0.3, -0.25) is 14.4 Å². The Balaban J connectivity index is 1.27. The molecule has 49 heavy (non-hydrogen) atoms. The van der Waals surface area contributed by atoms with E-state index in [4.69, 9.17) is 31.8 Å². The molecule has 4 aliphatic heterocycles. The number of rotatable bonds is 6. The molecule has 264 valence electrons. The third-order valence-corrected chi connectivity index (χ3v) is 10.3. The number of aryl methyl sites for hydroxylation is 1. The second-order valence-corrected chi connectivity index (χ2v) is 13.8. The van der Waals surface area contributed by atoms with Gasteiger partial charge in [-0.2, -0.15) is 28.2 Å². The number of carbonyl (C=O) groups is 1. The molecular weight excluding hydrogens is 675 g/mol. The molecule has 2 N–H and O–H groups in total. The minimum absolute atomic E-state index is 0.0138. The number of benzene rings is 1. The molecular formula is C32H36ClF5N8O3. The van der Waals surface area contributed by atoms with Gasteiger partial charge in [-0.15, -0.1) is 0 Å². The molecule has 0 radical (unpaired) electrons. The van der Waals surface area contributed by atoms with Gasteiger partial charge in [0, 0.05) is 57.8 Å². The van der Waals surface area contributed by atoms with Crippen LogP contribution < -0.4 is 15.4 Å². The van der Waals surface area contributed by atoms with Crippen LogP contribution >= 0.6 is 11.6 Å². The standard InChI is InChI=1S/C32H36ClF5N8O3/c1-43(2)29(47)27-26(33)23-14-44(6-4-8-46(23)42-27)28-20-15-48-24(19-9-18(39)10-21(35)25(19)32(36,37)38)11-22(20)40-30(41-28)49-16-31-5-3-7-45(31)13-17(34)12-31/h9-10,17,24H,3-8,11-16,39H2,1-2H3/t17-,24?,31+/m1/s1. The molecule has 0 spiro atoms. The van der Waals surface area contributed by atoms with Crippen LogP contribution in [-0.2, 0) is 37.0 Å². The van der Waals surface area contributed by atoms with Gasteiger partial charge in [0.25, 0.3) is 5.91 Å². The number of alkyl halides is 4. The van der Waals surface area contributed by atoms with E-state index in [0.717, 1.165) is 25.5 Å². The first kappa shape index (κ1) is 33.7. The number of nitrogens with zero attached hydrogens (tertiary/aromatic N) is 7. The molecule has 2 saturated heterocycles. The fourth-order valence-electron chi connectivity index (χ4n) is 7.62. The first-order valence-corrected chi connectivity index (χ1v) is 16.5. The van der Waals surface area contributed by atoms with E-state index in [1.165, 1.54) is 4.90 Å². The van der Waals surface area contributed by atoms with E-state index < -0.39 is 40.9 Å². The average Bonchev–Trinajstić information content (AvgIpc) is 3.60. The molecule has 0 bridgehead atoms. The lowest BCUT2D eigenvalue weighted by molar-refractivity contribution is -0.142. The monoisotopic (exact) mass is 710 g/mol. The number of hydrogen-bond acceptors (Lipinski definition) is 9. The zero-order valence-corrected chi connectivity index (χ0v) is 27.8. The van der Waals surface area contributed by atoms with Gasteiger partial charge < -0.3 is 25.0 Å². The van der Waals surface area contributed by atoms with E-state index in [0.29, 0.717) is 61.3 Å². The minimum atomic E-state index is -5.00. The summed E-state index contributed by atoms with van der Waals surface area (Å²) in [4.78, 5) is 27.6. The molecule has 0 aliphatic carbocycles. The molecule has 6 heterocycles. The highest BCUT2D eigenvalue weighted by Gasteiger charge is 2.49. The van der Waals surface area contributed by atoms with Crippen LogP contribution in [-0.4, -0.2) is 87.5 Å². The van der Waals surface area contributed by atoms with E-state index in [1.807, 2.05) is 4.90 Å². The fourth-order valence-corrected chi connectivity index (χ4v) is 7.89. The van der Waals surface area contributed by atoms with Gasteiger partial charge in [-0.05, 0) is 43.5 Å². The SMILES string of the molecule is CN(C)C(=O)c1nn2c(c1Cl)CN(c1nc(OC[C@@]34CCCN3C[C@H](F)C4)nc3c1COC(c1cc(N)cc(F)c1C(F)(F)F)C3)CCC2. The van der Waals surface area contributed by atoms with Gasteiger partial charge in [0.15, 0.2) is 5.69 Å². The lowest BCUT2D eigenvalue weighted by atomic mass is 9.94. The summed E-state index contributed by atoms with van der Waals surface area (Å²) in [7, 11) is 3.22. The maximum absolute atomic E-state index is 14.7. The quantitative estimate of drug-likeness (QED) is 0.281. The first-order valence-electron chi connectivity index (χ1n) is 16.2. The summed E-state index contributed by atoms with van der Waals surface area (Å²) in [5.74, 6) is -1.40. The molecule has 2 fully saturated rings. The Morgan fingerprint density at radius 3 is 2.76 bits per heavy atom. The fraction of sp³-hybridized carbons (Fsp3) is 0.562. The summed E-state index contributed by atoms with van der Waals surface area (Å²) in [5.41, 5.74) is 4.87. The molecule has 1 aromatic carbocycles. The summed E-state index contributed by atoms with van der Waals surface area (Å²) in [5, 5.41) is 4.69. The van der Waals surface area contributed by atoms with E-state index in [1.54, 1.807) is 18.8 Å². The maximum atomic E-state index is 14.7. The lowest BCUT2D eigenvalue weighted by Gasteiger charge is -2.33. The van der Waals surface area contributed by atoms with Gasteiger partial charge in [0.05, 0.1) is 46.8 Å². The van der Waals surface area contributed by atoms with Crippen LogP contribution in [0.2, 0.25) is 5.02 Å². The molecule has 7 rings (SSSR count). The molecule has 3 atom stereocenters. The van der Waals surface area contributed by atoms with E-state index >= 15 is 0 Å². The molecule has 1 unspecified atom stereocenters. The Morgan fingerprint density at radius 1 is 1.20 bits per heavy atom. The highest BCUT2D eigenvalue weighted by Crippen LogP contribution is 2.44. The summed E-state index contributed by atoms with van der Waals surface area (Å²) in [6, 6.07) is 1.70. The topological polar surface area (TPSA) is 115 Å². The van der Waals surface area contributed by atoms with Gasteiger partial charge in [-0.1, -0.05) is 11.6 Å². The number of carbonyl (C=O) groups excluding carboxylic acids is 1. The van der Waals surface area contributed by atoms with Gasteiger partial charge in [0.2, 0.25) is 0 Å². The number of aromatic nitrogens is 4. The lowest BCUT2D eigenvalue weighted by Crippen LogP contribution is -2.43. The number of nitrogen functional groups attached to an aromatic ring is 1. The minimum Gasteiger partial charge on any atom is -0.461 e. The van der Waals surface area contributed by atoms with Crippen molar-refractivity contribution in [3.63, 3.8) is 0 Å². The highest BCUT2D eigenvalue weighted by atomic mass is 35.5. The van der Waals surface area contributed by atoms with Crippen LogP contribution in [0.4, 0.5) is 33.5 Å². The van der Waals surface area contributed by atoms with Gasteiger partial charge >= 0.3 is 12.2 Å². The van der Waals surface area contributed by atoms with Crippen molar-refractivity contribution >= 4 is 29.0 Å². The van der Waals surface area contributed by atoms with Crippen molar-refractivity contribution < 1.29 is 36.2 Å². The summed E-state index contributed by atoms with van der Waals surface area (Å²) < 4.78 is 85.4. The Labute approximate surface area is 284 Å². The van der Waals surface area contributed by atoms with Crippen LogP contribution in [0.3, 0.4) is 0 Å². The van der Waals surface area contributed by atoms with E-state index in [2.05, 4.69) is 15.0 Å². The van der Waals surface area contributed by atoms with Crippen molar-refractivity contribution in [1.82, 2.24) is 29.5 Å². The van der Waals surface area contributed by atoms with Crippen LogP contribution in [0.1, 0.15) is 70.4 Å². The third-order valence-electron chi connectivity index (χ3n) is 9.90. The van der Waals surface area contributed by atoms with Crippen molar-refractivity contribution in [3.05, 3.63) is 56.7 Å². The van der Waals surface area contributed by atoms with Crippen molar-refractivity contribution in [2.45, 2.75) is 75.8 Å². The Kier molecular flexibility index (Phi) is 8.63. The number of amides is 1. The Hall–Kier alpha value is -3.76. The third kappa shape index (κ3) is 6.16. The number of halogens is 6. The van der Waals surface area contributed by atoms with Crippen molar-refractivity contribution in [2.24, 2.45) is 0 Å². The summed E-state index contributed by atoms with van der Waals surface area (Å²) in [6.45, 7) is 2.22. The first-order chi connectivity index (χ1) is 23.2. The molecule has 2 aromatic heterocycles. The van der Waals surface area contributed by atoms with Gasteiger partial charge in [0.1, 0.15) is 24.4 Å². The average molecular weight is 711 g/mol. The zero-order chi connectivity index (χ0) is 34.8. The highest BCUT2D eigenvalue weighted by molar-refractivity contribution is 6.34. The largest absolute Gasteiger partial charge is 0.461 e. The van der Waals surface area contributed by atoms with Crippen LogP contribution in [0.25, 0.3) is 0 Å². The van der Waals surface area contributed by atoms with Crippen LogP contribution in [0, 0.1) is 5.82 Å². The predicted octanol–water partition coefficient (Wildman–Crippen LogP) is 4.95. The van der Waals surface area contributed by atoms with E-state index in [-0.39, 0.29) is 54.5 Å². The number of anilines is 2. The smallest absolute Gasteiger partial charge is 0.419 e. The zero-order valence-electron chi connectivity index (χ0n) is 27.0. The molecule has 17 heteroatoms. The van der Waals surface area contributed by atoms with Crippen LogP contribution in [0.5, 0.6) is 6.01 Å². The second-order valence-electron chi connectivity index (χ2n) is 13.4. The predicted molar refractivity (Wildman–Crippen MR) is 169 cm³/mol. The van der Waals surface area contributed by atoms with Gasteiger partial charge in [-0.25, -0.2) is 8.78 Å². The summed E-state index contributed by atoms with van der Waals surface area (Å²) in [6.07, 6.45) is -4.75. The molecule has 1 amide bonds. The summed E-state index contributed by atoms with van der Waals surface area (Å²) >= 11 is 6.72. The normalized spacial score (nSPS) is 24.0. The number of fused-ring (bicyclic) bond motifs is 3. The van der Waals surface area contributed by atoms with Crippen molar-refractivity contribution in [1.29, 1.82) is 0 Å². The number of hydrogen-bond donors (Lipinski definition) is 1. The Morgan fingerprint density at radius 2 is 2.00 bits per heavy atom. The van der Waals surface area contributed by atoms with E-state index in [9.17, 15) is 26.7 Å². The molecule has 3 aromatic rings. The number of nitrogens with two attached hydrogens (primary N) is 1. The number of ether oxygens (including phenoxy) is 2. The molecule has 0 saturated carbocycles. The molecule has 11 nitrogen and oxygen atoms in total. The molecule has 4 aliphatic rings.